The third kappa shape index (κ3) is 4.12. The molecule has 1 aliphatic rings. The van der Waals surface area contributed by atoms with Crippen molar-refractivity contribution in [3.63, 3.8) is 0 Å². The maximum Gasteiger partial charge on any atom is 0.133 e. The Hall–Kier alpha value is -0.840. The molecule has 2 rings (SSSR count). The molecule has 2 atom stereocenters. The highest BCUT2D eigenvalue weighted by Crippen LogP contribution is 2.12. The molecule has 4 nitrogen and oxygen atoms in total. The Kier molecular flexibility index (Phi) is 5.23. The smallest absolute Gasteiger partial charge is 0.133 e. The van der Waals surface area contributed by atoms with Gasteiger partial charge in [-0.2, -0.15) is 0 Å². The van der Waals surface area contributed by atoms with E-state index in [0.717, 1.165) is 13.1 Å². The lowest BCUT2D eigenvalue weighted by Crippen LogP contribution is -2.33. The molecule has 102 valence electrons. The fourth-order valence-electron chi connectivity index (χ4n) is 2.52. The van der Waals surface area contributed by atoms with Crippen molar-refractivity contribution in [2.24, 2.45) is 5.92 Å². The Labute approximate surface area is 109 Å². The summed E-state index contributed by atoms with van der Waals surface area (Å²) < 4.78 is 5.16. The van der Waals surface area contributed by atoms with Crippen molar-refractivity contribution in [1.82, 2.24) is 10.2 Å². The average molecular weight is 252 g/mol. The largest absolute Gasteiger partial charge is 0.467 e. The monoisotopic (exact) mass is 252 g/mol. The molecule has 0 saturated carbocycles. The lowest BCUT2D eigenvalue weighted by molar-refractivity contribution is 0.145. The molecular weight excluding hydrogens is 228 g/mol. The van der Waals surface area contributed by atoms with Gasteiger partial charge in [-0.15, -0.1) is 0 Å². The van der Waals surface area contributed by atoms with E-state index in [1.165, 1.54) is 25.9 Å². The average Bonchev–Trinajstić information content (AvgIpc) is 3.00. The van der Waals surface area contributed by atoms with Crippen LogP contribution in [-0.2, 0) is 0 Å². The zero-order valence-electron chi connectivity index (χ0n) is 11.1. The SMILES string of the molecule is CC(CNCC(O)c1ccco1)CN1CCCC1. The summed E-state index contributed by atoms with van der Waals surface area (Å²) in [7, 11) is 0. The van der Waals surface area contributed by atoms with Crippen molar-refractivity contribution in [3.05, 3.63) is 24.2 Å². The molecular formula is C14H24N2O2. The molecule has 1 aromatic rings. The van der Waals surface area contributed by atoms with Gasteiger partial charge in [0.1, 0.15) is 11.9 Å². The van der Waals surface area contributed by atoms with Crippen LogP contribution < -0.4 is 5.32 Å². The second-order valence-electron chi connectivity index (χ2n) is 5.30. The first-order valence-electron chi connectivity index (χ1n) is 6.90. The van der Waals surface area contributed by atoms with Gasteiger partial charge in [-0.25, -0.2) is 0 Å². The molecule has 1 aliphatic heterocycles. The Morgan fingerprint density at radius 1 is 1.39 bits per heavy atom. The van der Waals surface area contributed by atoms with E-state index in [4.69, 9.17) is 4.42 Å². The van der Waals surface area contributed by atoms with E-state index in [1.54, 1.807) is 18.4 Å². The van der Waals surface area contributed by atoms with Crippen molar-refractivity contribution in [1.29, 1.82) is 0 Å². The van der Waals surface area contributed by atoms with E-state index in [1.807, 2.05) is 0 Å². The van der Waals surface area contributed by atoms with Crippen LogP contribution in [0.25, 0.3) is 0 Å². The number of nitrogens with zero attached hydrogens (tertiary/aromatic N) is 1. The number of likely N-dealkylation sites (tertiary alicyclic amines) is 1. The topological polar surface area (TPSA) is 48.6 Å². The normalized spacial score (nSPS) is 20.1. The summed E-state index contributed by atoms with van der Waals surface area (Å²) in [5, 5.41) is 13.2. The zero-order chi connectivity index (χ0) is 12.8. The number of nitrogens with one attached hydrogen (secondary N) is 1. The molecule has 1 saturated heterocycles. The van der Waals surface area contributed by atoms with Gasteiger partial charge in [-0.1, -0.05) is 6.92 Å². The second-order valence-corrected chi connectivity index (χ2v) is 5.30. The predicted molar refractivity (Wildman–Crippen MR) is 71.4 cm³/mol. The molecule has 2 unspecified atom stereocenters. The molecule has 0 radical (unpaired) electrons. The Morgan fingerprint density at radius 2 is 2.17 bits per heavy atom. The van der Waals surface area contributed by atoms with Gasteiger partial charge in [0, 0.05) is 13.1 Å². The van der Waals surface area contributed by atoms with Gasteiger partial charge >= 0.3 is 0 Å². The summed E-state index contributed by atoms with van der Waals surface area (Å²) in [6.45, 7) is 7.40. The molecule has 1 aromatic heterocycles. The number of rotatable bonds is 7. The summed E-state index contributed by atoms with van der Waals surface area (Å²) in [5.41, 5.74) is 0. The number of furan rings is 1. The van der Waals surface area contributed by atoms with Gasteiger partial charge in [0.2, 0.25) is 0 Å². The first kappa shape index (κ1) is 13.6. The number of aliphatic hydroxyl groups is 1. The Balaban J connectivity index is 1.59. The van der Waals surface area contributed by atoms with E-state index >= 15 is 0 Å². The van der Waals surface area contributed by atoms with Crippen LogP contribution in [0, 0.1) is 5.92 Å². The molecule has 18 heavy (non-hydrogen) atoms. The molecule has 2 heterocycles. The lowest BCUT2D eigenvalue weighted by Gasteiger charge is -2.21. The zero-order valence-corrected chi connectivity index (χ0v) is 11.1. The van der Waals surface area contributed by atoms with E-state index < -0.39 is 6.10 Å². The standard InChI is InChI=1S/C14H24N2O2/c1-12(11-16-6-2-3-7-16)9-15-10-13(17)14-5-4-8-18-14/h4-5,8,12-13,15,17H,2-3,6-7,9-11H2,1H3. The van der Waals surface area contributed by atoms with E-state index in [0.29, 0.717) is 18.2 Å². The Morgan fingerprint density at radius 3 is 2.83 bits per heavy atom. The maximum absolute atomic E-state index is 9.84. The van der Waals surface area contributed by atoms with Crippen molar-refractivity contribution < 1.29 is 9.52 Å². The van der Waals surface area contributed by atoms with Gasteiger partial charge in [0.25, 0.3) is 0 Å². The summed E-state index contributed by atoms with van der Waals surface area (Å²) in [4.78, 5) is 2.52. The molecule has 4 heteroatoms. The highest BCUT2D eigenvalue weighted by atomic mass is 16.4. The minimum atomic E-state index is -0.543. The van der Waals surface area contributed by atoms with E-state index in [-0.39, 0.29) is 0 Å². The molecule has 0 spiro atoms. The van der Waals surface area contributed by atoms with Crippen LogP contribution in [0.3, 0.4) is 0 Å². The number of hydrogen-bond acceptors (Lipinski definition) is 4. The first-order valence-corrected chi connectivity index (χ1v) is 6.90. The molecule has 0 aromatic carbocycles. The molecule has 0 bridgehead atoms. The minimum absolute atomic E-state index is 0.543. The van der Waals surface area contributed by atoms with Crippen LogP contribution in [0.5, 0.6) is 0 Å². The van der Waals surface area contributed by atoms with Gasteiger partial charge in [-0.3, -0.25) is 0 Å². The lowest BCUT2D eigenvalue weighted by atomic mass is 10.1. The van der Waals surface area contributed by atoms with Crippen LogP contribution in [0.4, 0.5) is 0 Å². The first-order chi connectivity index (χ1) is 8.75. The molecule has 1 fully saturated rings. The molecule has 0 amide bonds. The second kappa shape index (κ2) is 6.92. The van der Waals surface area contributed by atoms with Crippen molar-refractivity contribution in [2.75, 3.05) is 32.7 Å². The highest BCUT2D eigenvalue weighted by Gasteiger charge is 2.15. The molecule has 0 aliphatic carbocycles. The summed E-state index contributed by atoms with van der Waals surface area (Å²) in [5.74, 6) is 1.25. The van der Waals surface area contributed by atoms with Crippen LogP contribution in [0.2, 0.25) is 0 Å². The maximum atomic E-state index is 9.84. The third-order valence-corrected chi connectivity index (χ3v) is 3.47. The van der Waals surface area contributed by atoms with Gasteiger partial charge in [0.15, 0.2) is 0 Å². The fraction of sp³-hybridized carbons (Fsp3) is 0.714. The van der Waals surface area contributed by atoms with Crippen LogP contribution in [0.1, 0.15) is 31.6 Å². The minimum Gasteiger partial charge on any atom is -0.467 e. The van der Waals surface area contributed by atoms with Crippen molar-refractivity contribution >= 4 is 0 Å². The fourth-order valence-corrected chi connectivity index (χ4v) is 2.52. The Bertz CT molecular complexity index is 321. The van der Waals surface area contributed by atoms with Crippen molar-refractivity contribution in [2.45, 2.75) is 25.9 Å². The predicted octanol–water partition coefficient (Wildman–Crippen LogP) is 1.63. The quantitative estimate of drug-likeness (QED) is 0.774. The number of aliphatic hydroxyl groups excluding tert-OH is 1. The van der Waals surface area contributed by atoms with Crippen molar-refractivity contribution in [3.8, 4) is 0 Å². The highest BCUT2D eigenvalue weighted by molar-refractivity contribution is 5.02. The van der Waals surface area contributed by atoms with Crippen LogP contribution in [-0.4, -0.2) is 42.7 Å². The van der Waals surface area contributed by atoms with Crippen LogP contribution >= 0.6 is 0 Å². The number of hydrogen-bond donors (Lipinski definition) is 2. The van der Waals surface area contributed by atoms with E-state index in [2.05, 4.69) is 17.1 Å². The van der Waals surface area contributed by atoms with Gasteiger partial charge in [0.05, 0.1) is 6.26 Å². The van der Waals surface area contributed by atoms with Gasteiger partial charge < -0.3 is 19.7 Å². The summed E-state index contributed by atoms with van der Waals surface area (Å²) in [6, 6.07) is 3.61. The van der Waals surface area contributed by atoms with E-state index in [9.17, 15) is 5.11 Å². The third-order valence-electron chi connectivity index (χ3n) is 3.47. The molecule has 2 N–H and O–H groups in total. The van der Waals surface area contributed by atoms with Crippen LogP contribution in [0.15, 0.2) is 22.8 Å². The summed E-state index contributed by atoms with van der Waals surface area (Å²) >= 11 is 0. The van der Waals surface area contributed by atoms with Gasteiger partial charge in [-0.05, 0) is 50.5 Å². The summed E-state index contributed by atoms with van der Waals surface area (Å²) in [6.07, 6.45) is 3.74.